The zero-order valence-electron chi connectivity index (χ0n) is 11.6. The summed E-state index contributed by atoms with van der Waals surface area (Å²) in [4.78, 5) is 0. The lowest BCUT2D eigenvalue weighted by atomic mass is 9.89. The molecule has 1 N–H and O–H groups in total. The van der Waals surface area contributed by atoms with Gasteiger partial charge >= 0.3 is 41.7 Å². The summed E-state index contributed by atoms with van der Waals surface area (Å²) in [6, 6.07) is 0. The maximum atomic E-state index is 13.1. The summed E-state index contributed by atoms with van der Waals surface area (Å²) in [6.07, 6.45) is -13.3. The molecule has 0 aliphatic heterocycles. The van der Waals surface area contributed by atoms with Crippen LogP contribution in [0.3, 0.4) is 0 Å². The number of alkyl halides is 15. The van der Waals surface area contributed by atoms with E-state index >= 15 is 0 Å². The average Bonchev–Trinajstić information content (AvgIpc) is 2.34. The fourth-order valence-electron chi connectivity index (χ4n) is 1.42. The molecule has 1 nitrogen and oxygen atoms in total. The molecule has 0 fully saturated rings. The van der Waals surface area contributed by atoms with Gasteiger partial charge in [0.2, 0.25) is 0 Å². The predicted molar refractivity (Wildman–Crippen MR) is 51.7 cm³/mol. The fraction of sp³-hybridized carbons (Fsp3) is 0.900. The SMILES string of the molecule is [CH2]C(O)CC(F)(F)C(F)(F)C(F)(F)C(F)(F)C(F)(F)C(F)(F)C(F)(F)F. The molecule has 0 aromatic heterocycles. The van der Waals surface area contributed by atoms with Crippen LogP contribution in [0, 0.1) is 6.92 Å². The summed E-state index contributed by atoms with van der Waals surface area (Å²) in [5.41, 5.74) is 0. The van der Waals surface area contributed by atoms with Gasteiger partial charge in [0, 0.05) is 6.42 Å². The van der Waals surface area contributed by atoms with E-state index in [0.717, 1.165) is 0 Å². The summed E-state index contributed by atoms with van der Waals surface area (Å²) in [6.45, 7) is 2.19. The second-order valence-corrected chi connectivity index (χ2v) is 4.93. The Bertz CT molecular complexity index is 503. The minimum atomic E-state index is -8.31. The van der Waals surface area contributed by atoms with Gasteiger partial charge in [0.05, 0.1) is 6.10 Å². The molecule has 0 heterocycles. The first kappa shape index (κ1) is 24.9. The summed E-state index contributed by atoms with van der Waals surface area (Å²) < 4.78 is 190. The van der Waals surface area contributed by atoms with Crippen molar-refractivity contribution in [1.29, 1.82) is 0 Å². The Labute approximate surface area is 133 Å². The van der Waals surface area contributed by atoms with Gasteiger partial charge in [-0.1, -0.05) is 0 Å². The minimum absolute atomic E-state index is 2.19. The van der Waals surface area contributed by atoms with E-state index in [-0.39, 0.29) is 0 Å². The van der Waals surface area contributed by atoms with E-state index in [1.165, 1.54) is 0 Å². The lowest BCUT2D eigenvalue weighted by Crippen LogP contribution is -2.72. The third-order valence-electron chi connectivity index (χ3n) is 2.88. The third kappa shape index (κ3) is 3.28. The van der Waals surface area contributed by atoms with Crippen molar-refractivity contribution >= 4 is 0 Å². The van der Waals surface area contributed by atoms with Crippen molar-refractivity contribution in [2.45, 2.75) is 54.2 Å². The Morgan fingerprint density at radius 1 is 0.538 bits per heavy atom. The molecule has 0 aliphatic rings. The Hall–Kier alpha value is -1.09. The molecule has 0 aromatic rings. The molecular weight excluding hydrogens is 421 g/mol. The van der Waals surface area contributed by atoms with Crippen molar-refractivity contribution in [3.63, 3.8) is 0 Å². The second kappa shape index (κ2) is 6.22. The van der Waals surface area contributed by atoms with Gasteiger partial charge in [-0.25, -0.2) is 0 Å². The molecule has 0 amide bonds. The van der Waals surface area contributed by atoms with Crippen LogP contribution < -0.4 is 0 Å². The maximum Gasteiger partial charge on any atom is 0.460 e. The minimum Gasteiger partial charge on any atom is -0.393 e. The summed E-state index contributed by atoms with van der Waals surface area (Å²) in [5.74, 6) is -46.7. The fourth-order valence-corrected chi connectivity index (χ4v) is 1.42. The van der Waals surface area contributed by atoms with Crippen molar-refractivity contribution in [3.8, 4) is 0 Å². The molecule has 0 rings (SSSR count). The predicted octanol–water partition coefficient (Wildman–Crippen LogP) is 4.95. The summed E-state index contributed by atoms with van der Waals surface area (Å²) in [5, 5.41) is 8.34. The molecule has 1 unspecified atom stereocenters. The Morgan fingerprint density at radius 3 is 1.08 bits per heavy atom. The largest absolute Gasteiger partial charge is 0.460 e. The molecule has 1 atom stereocenters. The number of halogens is 15. The molecule has 1 radical (unpaired) electrons. The van der Waals surface area contributed by atoms with Crippen LogP contribution in [-0.4, -0.2) is 52.9 Å². The van der Waals surface area contributed by atoms with Crippen LogP contribution in [0.25, 0.3) is 0 Å². The number of rotatable bonds is 7. The zero-order valence-corrected chi connectivity index (χ0v) is 11.6. The quantitative estimate of drug-likeness (QED) is 0.571. The van der Waals surface area contributed by atoms with Gasteiger partial charge in [0.25, 0.3) is 0 Å². The average molecular weight is 427 g/mol. The van der Waals surface area contributed by atoms with Crippen molar-refractivity contribution in [2.24, 2.45) is 0 Å². The highest BCUT2D eigenvalue weighted by Crippen LogP contribution is 2.62. The molecular formula is C10H6F15O. The Kier molecular flexibility index (Phi) is 5.96. The van der Waals surface area contributed by atoms with E-state index in [9.17, 15) is 65.9 Å². The van der Waals surface area contributed by atoms with Crippen molar-refractivity contribution in [3.05, 3.63) is 6.92 Å². The molecule has 0 aromatic carbocycles. The molecule has 0 saturated carbocycles. The zero-order chi connectivity index (χ0) is 21.8. The number of aliphatic hydroxyl groups is 1. The first-order valence-corrected chi connectivity index (χ1v) is 5.76. The van der Waals surface area contributed by atoms with Crippen molar-refractivity contribution in [2.75, 3.05) is 0 Å². The van der Waals surface area contributed by atoms with E-state index < -0.39 is 54.2 Å². The van der Waals surface area contributed by atoms with Crippen LogP contribution in [0.5, 0.6) is 0 Å². The van der Waals surface area contributed by atoms with Crippen LogP contribution in [0.4, 0.5) is 65.9 Å². The van der Waals surface area contributed by atoms with Gasteiger partial charge in [0.1, 0.15) is 0 Å². The van der Waals surface area contributed by atoms with Crippen LogP contribution in [-0.2, 0) is 0 Å². The molecule has 16 heteroatoms. The molecule has 0 aliphatic carbocycles. The molecule has 157 valence electrons. The van der Waals surface area contributed by atoms with E-state index in [1.54, 1.807) is 0 Å². The third-order valence-corrected chi connectivity index (χ3v) is 2.88. The van der Waals surface area contributed by atoms with Crippen LogP contribution in [0.15, 0.2) is 0 Å². The number of hydrogen-bond acceptors (Lipinski definition) is 1. The van der Waals surface area contributed by atoms with Gasteiger partial charge in [0.15, 0.2) is 0 Å². The smallest absolute Gasteiger partial charge is 0.393 e. The Balaban J connectivity index is 6.42. The van der Waals surface area contributed by atoms with Gasteiger partial charge in [-0.05, 0) is 6.92 Å². The standard InChI is InChI=1S/C10H6F15O/c1-3(26)2-4(11,12)5(13,14)6(15,16)7(17,18)8(19,20)9(21,22)10(23,24)25/h3,26H,1-2H2. The Morgan fingerprint density at radius 2 is 0.808 bits per heavy atom. The first-order valence-electron chi connectivity index (χ1n) is 5.76. The van der Waals surface area contributed by atoms with Gasteiger partial charge in [-0.2, -0.15) is 65.9 Å². The molecule has 0 bridgehead atoms. The highest BCUT2D eigenvalue weighted by Gasteiger charge is 2.93. The maximum absolute atomic E-state index is 13.1. The van der Waals surface area contributed by atoms with Gasteiger partial charge in [-0.3, -0.25) is 0 Å². The second-order valence-electron chi connectivity index (χ2n) is 4.93. The lowest BCUT2D eigenvalue weighted by Gasteiger charge is -2.41. The number of aliphatic hydroxyl groups excluding tert-OH is 1. The summed E-state index contributed by atoms with van der Waals surface area (Å²) in [7, 11) is 0. The van der Waals surface area contributed by atoms with E-state index in [0.29, 0.717) is 0 Å². The first-order chi connectivity index (χ1) is 10.9. The number of hydrogen-bond donors (Lipinski definition) is 1. The van der Waals surface area contributed by atoms with Crippen molar-refractivity contribution < 1.29 is 71.0 Å². The summed E-state index contributed by atoms with van der Waals surface area (Å²) >= 11 is 0. The highest BCUT2D eigenvalue weighted by atomic mass is 19.4. The van der Waals surface area contributed by atoms with Gasteiger partial charge < -0.3 is 5.11 Å². The van der Waals surface area contributed by atoms with Crippen LogP contribution in [0.2, 0.25) is 0 Å². The topological polar surface area (TPSA) is 20.2 Å². The normalized spacial score (nSPS) is 17.4. The van der Waals surface area contributed by atoms with Gasteiger partial charge in [-0.15, -0.1) is 0 Å². The molecule has 26 heavy (non-hydrogen) atoms. The molecule has 0 saturated heterocycles. The molecule has 0 spiro atoms. The highest BCUT2D eigenvalue weighted by molar-refractivity contribution is 5.13. The lowest BCUT2D eigenvalue weighted by molar-refractivity contribution is -0.452. The van der Waals surface area contributed by atoms with E-state index in [4.69, 9.17) is 5.11 Å². The van der Waals surface area contributed by atoms with E-state index in [1.807, 2.05) is 0 Å². The monoisotopic (exact) mass is 427 g/mol. The van der Waals surface area contributed by atoms with E-state index in [2.05, 4.69) is 6.92 Å². The van der Waals surface area contributed by atoms with Crippen LogP contribution in [0.1, 0.15) is 6.42 Å². The van der Waals surface area contributed by atoms with Crippen LogP contribution >= 0.6 is 0 Å². The van der Waals surface area contributed by atoms with Crippen molar-refractivity contribution in [1.82, 2.24) is 0 Å².